The van der Waals surface area contributed by atoms with Crippen molar-refractivity contribution < 1.29 is 14.0 Å². The SMILES string of the molecule is CN(CCCNC(=O)CN1CCN(C(=O)c2ccccc2F)CC1)c1ccccc1. The van der Waals surface area contributed by atoms with E-state index >= 15 is 0 Å². The van der Waals surface area contributed by atoms with Crippen LogP contribution in [0.4, 0.5) is 10.1 Å². The smallest absolute Gasteiger partial charge is 0.256 e. The molecule has 0 aliphatic carbocycles. The number of piperazine rings is 1. The van der Waals surface area contributed by atoms with Gasteiger partial charge in [0, 0.05) is 52.0 Å². The minimum Gasteiger partial charge on any atom is -0.375 e. The summed E-state index contributed by atoms with van der Waals surface area (Å²) >= 11 is 0. The molecule has 0 spiro atoms. The van der Waals surface area contributed by atoms with Gasteiger partial charge in [-0.3, -0.25) is 14.5 Å². The Kier molecular flexibility index (Phi) is 7.79. The van der Waals surface area contributed by atoms with Gasteiger partial charge < -0.3 is 15.1 Å². The van der Waals surface area contributed by atoms with E-state index in [1.165, 1.54) is 12.1 Å². The van der Waals surface area contributed by atoms with Gasteiger partial charge in [-0.25, -0.2) is 4.39 Å². The molecule has 7 heteroatoms. The lowest BCUT2D eigenvalue weighted by Crippen LogP contribution is -2.51. The summed E-state index contributed by atoms with van der Waals surface area (Å²) in [4.78, 5) is 30.5. The molecule has 30 heavy (non-hydrogen) atoms. The Hall–Kier alpha value is -2.93. The Morgan fingerprint density at radius 3 is 2.37 bits per heavy atom. The molecule has 2 aromatic rings. The van der Waals surface area contributed by atoms with Gasteiger partial charge in [-0.1, -0.05) is 30.3 Å². The highest BCUT2D eigenvalue weighted by atomic mass is 19.1. The van der Waals surface area contributed by atoms with Crippen LogP contribution in [0.5, 0.6) is 0 Å². The lowest BCUT2D eigenvalue weighted by molar-refractivity contribution is -0.122. The molecule has 0 atom stereocenters. The van der Waals surface area contributed by atoms with Gasteiger partial charge in [-0.15, -0.1) is 0 Å². The predicted molar refractivity (Wildman–Crippen MR) is 116 cm³/mol. The molecule has 2 aromatic carbocycles. The van der Waals surface area contributed by atoms with Gasteiger partial charge in [-0.05, 0) is 30.7 Å². The van der Waals surface area contributed by atoms with E-state index in [2.05, 4.69) is 22.3 Å². The van der Waals surface area contributed by atoms with Gasteiger partial charge in [0.25, 0.3) is 5.91 Å². The fourth-order valence-electron chi connectivity index (χ4n) is 3.53. The maximum Gasteiger partial charge on any atom is 0.256 e. The molecular weight excluding hydrogens is 383 g/mol. The molecule has 0 aromatic heterocycles. The zero-order valence-electron chi connectivity index (χ0n) is 17.4. The Labute approximate surface area is 177 Å². The van der Waals surface area contributed by atoms with Crippen molar-refractivity contribution >= 4 is 17.5 Å². The Bertz CT molecular complexity index is 838. The number of nitrogens with zero attached hydrogens (tertiary/aromatic N) is 3. The molecule has 1 aliphatic heterocycles. The number of halogens is 1. The monoisotopic (exact) mass is 412 g/mol. The molecule has 2 amide bonds. The molecule has 0 bridgehead atoms. The molecular formula is C23H29FN4O2. The minimum atomic E-state index is -0.498. The van der Waals surface area contributed by atoms with Crippen molar-refractivity contribution in [3.63, 3.8) is 0 Å². The quantitative estimate of drug-likeness (QED) is 0.676. The van der Waals surface area contributed by atoms with Crippen molar-refractivity contribution in [2.75, 3.05) is 57.8 Å². The van der Waals surface area contributed by atoms with E-state index in [1.807, 2.05) is 30.1 Å². The maximum absolute atomic E-state index is 13.8. The van der Waals surface area contributed by atoms with Crippen LogP contribution in [-0.2, 0) is 4.79 Å². The van der Waals surface area contributed by atoms with Crippen LogP contribution >= 0.6 is 0 Å². The van der Waals surface area contributed by atoms with Crippen LogP contribution in [0.3, 0.4) is 0 Å². The first kappa shape index (κ1) is 21.8. The second-order valence-electron chi connectivity index (χ2n) is 7.51. The number of anilines is 1. The summed E-state index contributed by atoms with van der Waals surface area (Å²) in [5.74, 6) is -0.798. The van der Waals surface area contributed by atoms with E-state index in [-0.39, 0.29) is 17.4 Å². The third kappa shape index (κ3) is 6.03. The molecule has 0 saturated carbocycles. The van der Waals surface area contributed by atoms with Crippen LogP contribution in [0.25, 0.3) is 0 Å². The number of carbonyl (C=O) groups is 2. The van der Waals surface area contributed by atoms with E-state index in [0.29, 0.717) is 39.3 Å². The summed E-state index contributed by atoms with van der Waals surface area (Å²) in [6.45, 7) is 3.98. The molecule has 6 nitrogen and oxygen atoms in total. The molecule has 1 aliphatic rings. The average molecular weight is 413 g/mol. The summed E-state index contributed by atoms with van der Waals surface area (Å²) in [6, 6.07) is 16.2. The molecule has 1 N–H and O–H groups in total. The van der Waals surface area contributed by atoms with Crippen molar-refractivity contribution in [1.29, 1.82) is 0 Å². The number of carbonyl (C=O) groups excluding carboxylic acids is 2. The van der Waals surface area contributed by atoms with Gasteiger partial charge in [-0.2, -0.15) is 0 Å². The summed E-state index contributed by atoms with van der Waals surface area (Å²) in [5.41, 5.74) is 1.26. The second kappa shape index (κ2) is 10.7. The fraction of sp³-hybridized carbons (Fsp3) is 0.391. The van der Waals surface area contributed by atoms with Gasteiger partial charge in [0.1, 0.15) is 5.82 Å². The first-order chi connectivity index (χ1) is 14.5. The first-order valence-corrected chi connectivity index (χ1v) is 10.3. The molecule has 0 unspecified atom stereocenters. The van der Waals surface area contributed by atoms with Crippen LogP contribution in [0.15, 0.2) is 54.6 Å². The average Bonchev–Trinajstić information content (AvgIpc) is 2.77. The van der Waals surface area contributed by atoms with Gasteiger partial charge in [0.15, 0.2) is 0 Å². The van der Waals surface area contributed by atoms with E-state index in [0.717, 1.165) is 18.7 Å². The number of hydrogen-bond acceptors (Lipinski definition) is 4. The van der Waals surface area contributed by atoms with Gasteiger partial charge in [0.2, 0.25) is 5.91 Å². The lowest BCUT2D eigenvalue weighted by atomic mass is 10.1. The first-order valence-electron chi connectivity index (χ1n) is 10.3. The zero-order chi connectivity index (χ0) is 21.3. The van der Waals surface area contributed by atoms with Gasteiger partial charge >= 0.3 is 0 Å². The van der Waals surface area contributed by atoms with Crippen LogP contribution in [-0.4, -0.2) is 74.5 Å². The van der Waals surface area contributed by atoms with Crippen LogP contribution in [0.2, 0.25) is 0 Å². The van der Waals surface area contributed by atoms with Crippen molar-refractivity contribution in [2.45, 2.75) is 6.42 Å². The van der Waals surface area contributed by atoms with E-state index in [4.69, 9.17) is 0 Å². The van der Waals surface area contributed by atoms with Crippen molar-refractivity contribution in [3.8, 4) is 0 Å². The number of rotatable bonds is 8. The third-order valence-electron chi connectivity index (χ3n) is 5.32. The molecule has 3 rings (SSSR count). The topological polar surface area (TPSA) is 55.9 Å². The summed E-state index contributed by atoms with van der Waals surface area (Å²) in [6.07, 6.45) is 0.863. The highest BCUT2D eigenvalue weighted by molar-refractivity contribution is 5.94. The van der Waals surface area contributed by atoms with Crippen LogP contribution in [0, 0.1) is 5.82 Å². The molecule has 160 valence electrons. The third-order valence-corrected chi connectivity index (χ3v) is 5.32. The van der Waals surface area contributed by atoms with E-state index < -0.39 is 5.82 Å². The number of benzene rings is 2. The predicted octanol–water partition coefficient (Wildman–Crippen LogP) is 2.23. The van der Waals surface area contributed by atoms with Crippen molar-refractivity contribution in [3.05, 3.63) is 66.0 Å². The largest absolute Gasteiger partial charge is 0.375 e. The molecule has 1 saturated heterocycles. The Balaban J connectivity index is 1.33. The second-order valence-corrected chi connectivity index (χ2v) is 7.51. The fourth-order valence-corrected chi connectivity index (χ4v) is 3.53. The van der Waals surface area contributed by atoms with Crippen LogP contribution in [0.1, 0.15) is 16.8 Å². The van der Waals surface area contributed by atoms with Crippen LogP contribution < -0.4 is 10.2 Å². The lowest BCUT2D eigenvalue weighted by Gasteiger charge is -2.34. The number of para-hydroxylation sites is 1. The molecule has 0 radical (unpaired) electrons. The Morgan fingerprint density at radius 1 is 1.00 bits per heavy atom. The maximum atomic E-state index is 13.8. The highest BCUT2D eigenvalue weighted by Gasteiger charge is 2.24. The minimum absolute atomic E-state index is 0.00811. The summed E-state index contributed by atoms with van der Waals surface area (Å²) in [5, 5.41) is 2.97. The Morgan fingerprint density at radius 2 is 1.67 bits per heavy atom. The molecule has 1 fully saturated rings. The van der Waals surface area contributed by atoms with Gasteiger partial charge in [0.05, 0.1) is 12.1 Å². The van der Waals surface area contributed by atoms with Crippen molar-refractivity contribution in [1.82, 2.24) is 15.1 Å². The van der Waals surface area contributed by atoms with E-state index in [9.17, 15) is 14.0 Å². The summed E-state index contributed by atoms with van der Waals surface area (Å²) < 4.78 is 13.8. The zero-order valence-corrected chi connectivity index (χ0v) is 17.4. The number of amides is 2. The van der Waals surface area contributed by atoms with Crippen molar-refractivity contribution in [2.24, 2.45) is 0 Å². The summed E-state index contributed by atoms with van der Waals surface area (Å²) in [7, 11) is 2.04. The highest BCUT2D eigenvalue weighted by Crippen LogP contribution is 2.12. The van der Waals surface area contributed by atoms with E-state index in [1.54, 1.807) is 17.0 Å². The number of hydrogen-bond donors (Lipinski definition) is 1. The normalized spacial score (nSPS) is 14.4. The number of nitrogens with one attached hydrogen (secondary N) is 1. The molecule has 1 heterocycles. The standard InChI is InChI=1S/C23H29FN4O2/c1-26(19-8-3-2-4-9-19)13-7-12-25-22(29)18-27-14-16-28(17-15-27)23(30)20-10-5-6-11-21(20)24/h2-6,8-11H,7,12-18H2,1H3,(H,25,29).